The molecule has 35 heavy (non-hydrogen) atoms. The average molecular weight is 491 g/mol. The minimum Gasteiger partial charge on any atom is -0.493 e. The third-order valence-electron chi connectivity index (χ3n) is 6.71. The molecule has 7 heteroatoms. The molecule has 0 fully saturated rings. The zero-order chi connectivity index (χ0) is 24.5. The lowest BCUT2D eigenvalue weighted by Crippen LogP contribution is -2.04. The van der Waals surface area contributed by atoms with Crippen molar-refractivity contribution >= 4 is 27.2 Å². The molecule has 4 aromatic rings. The highest BCUT2D eigenvalue weighted by Crippen LogP contribution is 2.45. The summed E-state index contributed by atoms with van der Waals surface area (Å²) in [5, 5.41) is 1.12. The van der Waals surface area contributed by atoms with E-state index < -0.39 is 0 Å². The van der Waals surface area contributed by atoms with Crippen LogP contribution < -0.4 is 24.7 Å². The standard InChI is InChI=1S/C28H30N2O4S/c1-31-20-11-9-16(14-22(20)33-3)13-19-25(17-10-12-21(32-2)23(15-17)34-4)27(29)26-18-7-5-6-8-24(18)35-28(26)30-19/h9-12,14-15H,5-8,13H2,1-4H3,(H2,29,30). The monoisotopic (exact) mass is 490 g/mol. The van der Waals surface area contributed by atoms with Crippen LogP contribution >= 0.6 is 11.3 Å². The van der Waals surface area contributed by atoms with Crippen molar-refractivity contribution in [2.75, 3.05) is 34.2 Å². The van der Waals surface area contributed by atoms with Crippen LogP contribution in [0.4, 0.5) is 5.69 Å². The smallest absolute Gasteiger partial charge is 0.161 e. The van der Waals surface area contributed by atoms with Gasteiger partial charge in [0.25, 0.3) is 0 Å². The molecule has 5 rings (SSSR count). The SMILES string of the molecule is COc1ccc(Cc2nc3sc4c(c3c(N)c2-c2ccc(OC)c(OC)c2)CCCC4)cc1OC. The molecular weight excluding hydrogens is 460 g/mol. The van der Waals surface area contributed by atoms with Gasteiger partial charge in [-0.1, -0.05) is 12.1 Å². The van der Waals surface area contributed by atoms with Gasteiger partial charge in [-0.15, -0.1) is 11.3 Å². The Bertz CT molecular complexity index is 1400. The van der Waals surface area contributed by atoms with E-state index in [0.29, 0.717) is 29.4 Å². The lowest BCUT2D eigenvalue weighted by Gasteiger charge is -2.17. The molecule has 0 unspecified atom stereocenters. The van der Waals surface area contributed by atoms with Crippen molar-refractivity contribution in [1.29, 1.82) is 0 Å². The molecule has 0 radical (unpaired) electrons. The van der Waals surface area contributed by atoms with Crippen molar-refractivity contribution in [3.63, 3.8) is 0 Å². The molecule has 0 saturated carbocycles. The summed E-state index contributed by atoms with van der Waals surface area (Å²) in [6, 6.07) is 11.9. The number of ether oxygens (including phenoxy) is 4. The van der Waals surface area contributed by atoms with E-state index in [1.165, 1.54) is 23.3 Å². The maximum atomic E-state index is 6.99. The number of methoxy groups -OCH3 is 4. The fourth-order valence-electron chi connectivity index (χ4n) is 4.99. The van der Waals surface area contributed by atoms with Gasteiger partial charge in [-0.3, -0.25) is 0 Å². The number of benzene rings is 2. The minimum absolute atomic E-state index is 0.604. The van der Waals surface area contributed by atoms with E-state index in [2.05, 4.69) is 0 Å². The number of nitrogen functional groups attached to an aromatic ring is 1. The predicted molar refractivity (Wildman–Crippen MR) is 142 cm³/mol. The summed E-state index contributed by atoms with van der Waals surface area (Å²) >= 11 is 1.79. The fourth-order valence-corrected chi connectivity index (χ4v) is 6.29. The van der Waals surface area contributed by atoms with Crippen LogP contribution in [0.1, 0.15) is 34.5 Å². The van der Waals surface area contributed by atoms with E-state index in [1.54, 1.807) is 39.8 Å². The quantitative estimate of drug-likeness (QED) is 0.340. The van der Waals surface area contributed by atoms with Gasteiger partial charge >= 0.3 is 0 Å². The van der Waals surface area contributed by atoms with E-state index in [4.69, 9.17) is 29.7 Å². The summed E-state index contributed by atoms with van der Waals surface area (Å²) in [6.45, 7) is 0. The molecule has 2 aromatic carbocycles. The first kappa shape index (κ1) is 23.3. The summed E-state index contributed by atoms with van der Waals surface area (Å²) in [4.78, 5) is 7.65. The maximum Gasteiger partial charge on any atom is 0.161 e. The van der Waals surface area contributed by atoms with Crippen molar-refractivity contribution < 1.29 is 18.9 Å². The molecule has 0 amide bonds. The average Bonchev–Trinajstić information content (AvgIpc) is 3.27. The third-order valence-corrected chi connectivity index (χ3v) is 7.89. The Morgan fingerprint density at radius 3 is 2.20 bits per heavy atom. The van der Waals surface area contributed by atoms with Crippen LogP contribution in [0.5, 0.6) is 23.0 Å². The van der Waals surface area contributed by atoms with Crippen LogP contribution in [-0.4, -0.2) is 33.4 Å². The Hall–Kier alpha value is -3.45. The van der Waals surface area contributed by atoms with Crippen molar-refractivity contribution in [3.05, 3.63) is 58.1 Å². The molecule has 2 aromatic heterocycles. The number of aromatic nitrogens is 1. The summed E-state index contributed by atoms with van der Waals surface area (Å²) in [7, 11) is 6.57. The number of rotatable bonds is 7. The molecule has 1 aliphatic carbocycles. The second-order valence-corrected chi connectivity index (χ2v) is 9.76. The van der Waals surface area contributed by atoms with Crippen LogP contribution in [0.3, 0.4) is 0 Å². The largest absolute Gasteiger partial charge is 0.493 e. The second-order valence-electron chi connectivity index (χ2n) is 8.67. The Labute approximate surface area is 209 Å². The highest BCUT2D eigenvalue weighted by atomic mass is 32.1. The minimum atomic E-state index is 0.604. The number of hydrogen-bond acceptors (Lipinski definition) is 7. The van der Waals surface area contributed by atoms with E-state index in [1.807, 2.05) is 36.4 Å². The molecule has 2 heterocycles. The van der Waals surface area contributed by atoms with Gasteiger partial charge in [-0.2, -0.15) is 0 Å². The Kier molecular flexibility index (Phi) is 6.43. The Balaban J connectivity index is 1.72. The van der Waals surface area contributed by atoms with Crippen molar-refractivity contribution in [2.24, 2.45) is 0 Å². The first-order chi connectivity index (χ1) is 17.1. The Morgan fingerprint density at radius 2 is 1.49 bits per heavy atom. The molecule has 0 aliphatic heterocycles. The van der Waals surface area contributed by atoms with Crippen LogP contribution in [-0.2, 0) is 19.3 Å². The van der Waals surface area contributed by atoms with Gasteiger partial charge in [0, 0.05) is 22.2 Å². The molecule has 1 aliphatic rings. The molecular formula is C28H30N2O4S. The van der Waals surface area contributed by atoms with Gasteiger partial charge < -0.3 is 24.7 Å². The fraction of sp³-hybridized carbons (Fsp3) is 0.321. The molecule has 0 bridgehead atoms. The number of pyridine rings is 1. The van der Waals surface area contributed by atoms with E-state index >= 15 is 0 Å². The van der Waals surface area contributed by atoms with E-state index in [9.17, 15) is 0 Å². The Morgan fingerprint density at radius 1 is 0.829 bits per heavy atom. The van der Waals surface area contributed by atoms with Gasteiger partial charge in [0.1, 0.15) is 4.83 Å². The van der Waals surface area contributed by atoms with Gasteiger partial charge in [0.05, 0.1) is 39.8 Å². The van der Waals surface area contributed by atoms with Gasteiger partial charge in [-0.05, 0) is 66.6 Å². The lowest BCUT2D eigenvalue weighted by atomic mass is 9.92. The summed E-state index contributed by atoms with van der Waals surface area (Å²) in [6.07, 6.45) is 5.18. The first-order valence-electron chi connectivity index (χ1n) is 11.7. The molecule has 0 atom stereocenters. The number of nitrogens with zero attached hydrogens (tertiary/aromatic N) is 1. The second kappa shape index (κ2) is 9.66. The molecule has 2 N–H and O–H groups in total. The number of anilines is 1. The number of nitrogens with two attached hydrogens (primary N) is 1. The predicted octanol–water partition coefficient (Wildman–Crippen LogP) is 6.05. The molecule has 0 spiro atoms. The highest BCUT2D eigenvalue weighted by molar-refractivity contribution is 7.19. The van der Waals surface area contributed by atoms with E-state index in [0.717, 1.165) is 51.1 Å². The maximum absolute atomic E-state index is 6.99. The lowest BCUT2D eigenvalue weighted by molar-refractivity contribution is 0.354. The molecule has 6 nitrogen and oxygen atoms in total. The van der Waals surface area contributed by atoms with Crippen molar-refractivity contribution in [3.8, 4) is 34.1 Å². The van der Waals surface area contributed by atoms with Crippen LogP contribution in [0.25, 0.3) is 21.3 Å². The van der Waals surface area contributed by atoms with Crippen LogP contribution in [0.15, 0.2) is 36.4 Å². The van der Waals surface area contributed by atoms with Gasteiger partial charge in [0.2, 0.25) is 0 Å². The number of hydrogen-bond donors (Lipinski definition) is 1. The van der Waals surface area contributed by atoms with Crippen LogP contribution in [0.2, 0.25) is 0 Å². The van der Waals surface area contributed by atoms with E-state index in [-0.39, 0.29) is 0 Å². The zero-order valence-corrected chi connectivity index (χ0v) is 21.4. The molecule has 182 valence electrons. The van der Waals surface area contributed by atoms with Crippen molar-refractivity contribution in [2.45, 2.75) is 32.1 Å². The van der Waals surface area contributed by atoms with Crippen molar-refractivity contribution in [1.82, 2.24) is 4.98 Å². The zero-order valence-electron chi connectivity index (χ0n) is 20.6. The first-order valence-corrected chi connectivity index (χ1v) is 12.6. The third kappa shape index (κ3) is 4.14. The summed E-state index contributed by atoms with van der Waals surface area (Å²) in [5.41, 5.74) is 13.0. The van der Waals surface area contributed by atoms with Gasteiger partial charge in [0.15, 0.2) is 23.0 Å². The number of fused-ring (bicyclic) bond motifs is 3. The normalized spacial score (nSPS) is 12.9. The summed E-state index contributed by atoms with van der Waals surface area (Å²) < 4.78 is 22.0. The number of thiophene rings is 1. The summed E-state index contributed by atoms with van der Waals surface area (Å²) in [5.74, 6) is 2.73. The topological polar surface area (TPSA) is 75.8 Å². The highest BCUT2D eigenvalue weighted by Gasteiger charge is 2.24. The van der Waals surface area contributed by atoms with Crippen LogP contribution in [0, 0.1) is 0 Å². The van der Waals surface area contributed by atoms with Gasteiger partial charge in [-0.25, -0.2) is 4.98 Å². The number of aryl methyl sites for hydroxylation is 2. The molecule has 0 saturated heterocycles.